The molecule has 0 saturated carbocycles. The van der Waals surface area contributed by atoms with Crippen LogP contribution in [0.2, 0.25) is 0 Å². The molecule has 1 rings (SSSR count). The summed E-state index contributed by atoms with van der Waals surface area (Å²) in [5, 5.41) is 0. The summed E-state index contributed by atoms with van der Waals surface area (Å²) in [6, 6.07) is 0. The number of allylic oxidation sites excluding steroid dienone is 4. The van der Waals surface area contributed by atoms with Crippen molar-refractivity contribution in [1.29, 1.82) is 0 Å². The van der Waals surface area contributed by atoms with Crippen molar-refractivity contribution in [2.75, 3.05) is 0 Å². The van der Waals surface area contributed by atoms with Gasteiger partial charge in [0, 0.05) is 0 Å². The molecular weight excluding hydrogens is 238 g/mol. The molecule has 0 nitrogen and oxygen atoms in total. The Kier molecular flexibility index (Phi) is 82.0. The van der Waals surface area contributed by atoms with Crippen molar-refractivity contribution in [3.8, 4) is 0 Å². The fraction of sp³-hybridized carbons (Fsp3) is 0.286. The molecule has 0 heterocycles. The van der Waals surface area contributed by atoms with E-state index in [2.05, 4.69) is 19.1 Å². The van der Waals surface area contributed by atoms with E-state index >= 15 is 0 Å². The Balaban J connectivity index is -0.0000000189. The van der Waals surface area contributed by atoms with Crippen LogP contribution in [0.4, 0.5) is 0 Å². The average Bonchev–Trinajstić information content (AvgIpc) is 2.23. The minimum absolute atomic E-state index is 0. The summed E-state index contributed by atoms with van der Waals surface area (Å²) in [5.41, 5.74) is 0. The summed E-state index contributed by atoms with van der Waals surface area (Å²) in [6.45, 7) is 5.00. The summed E-state index contributed by atoms with van der Waals surface area (Å²) < 4.78 is 0. The summed E-state index contributed by atoms with van der Waals surface area (Å²) >= 11 is 0. The van der Waals surface area contributed by atoms with Gasteiger partial charge >= 0.3 is 21.7 Å². The van der Waals surface area contributed by atoms with Crippen LogP contribution < -0.4 is 37.2 Å². The number of rotatable bonds is 0. The Hall–Kier alpha value is 1.06. The van der Waals surface area contributed by atoms with Crippen LogP contribution in [-0.4, -0.2) is 0 Å². The third-order valence-corrected chi connectivity index (χ3v) is 0.586. The van der Waals surface area contributed by atoms with Crippen molar-refractivity contribution in [3.63, 3.8) is 0 Å². The minimum Gasteiger partial charge on any atom is -1.00 e. The molecule has 0 N–H and O–H groups in total. The molecule has 1 aliphatic carbocycles. The summed E-state index contributed by atoms with van der Waals surface area (Å²) in [4.78, 5) is 0. The third-order valence-electron chi connectivity index (χ3n) is 0.586. The van der Waals surface area contributed by atoms with Crippen molar-refractivity contribution >= 4 is 0 Å². The van der Waals surface area contributed by atoms with Crippen LogP contribution in [0.25, 0.3) is 0 Å². The van der Waals surface area contributed by atoms with Crippen LogP contribution >= 0.6 is 0 Å². The zero-order valence-corrected chi connectivity index (χ0v) is 10.1. The van der Waals surface area contributed by atoms with E-state index < -0.39 is 0 Å². The SMILES string of the molecule is [C-]1=CC=CC1.[CH2-]C.[Cl-].[Cl-].[Cl-].[Ti+3]. The molecule has 0 bridgehead atoms. The van der Waals surface area contributed by atoms with E-state index in [4.69, 9.17) is 0 Å². The van der Waals surface area contributed by atoms with Gasteiger partial charge in [-0.05, 0) is 0 Å². The molecular formula is C7H10Cl3Ti-2. The van der Waals surface area contributed by atoms with Crippen LogP contribution in [0.1, 0.15) is 13.3 Å². The maximum absolute atomic E-state index is 3.25. The van der Waals surface area contributed by atoms with Gasteiger partial charge < -0.3 is 44.1 Å². The maximum atomic E-state index is 3.25. The third kappa shape index (κ3) is 24.7. The fourth-order valence-corrected chi connectivity index (χ4v) is 0.340. The first-order chi connectivity index (χ1) is 3.50. The van der Waals surface area contributed by atoms with E-state index in [1.807, 2.05) is 12.2 Å². The zero-order valence-electron chi connectivity index (χ0n) is 6.28. The quantitative estimate of drug-likeness (QED) is 0.295. The number of hydrogen-bond donors (Lipinski definition) is 0. The molecule has 4 heteroatoms. The van der Waals surface area contributed by atoms with E-state index in [0.29, 0.717) is 0 Å². The van der Waals surface area contributed by atoms with E-state index in [1.54, 1.807) is 6.92 Å². The molecule has 1 aliphatic rings. The van der Waals surface area contributed by atoms with Crippen LogP contribution in [-0.2, 0) is 21.7 Å². The van der Waals surface area contributed by atoms with Crippen molar-refractivity contribution in [2.45, 2.75) is 13.3 Å². The largest absolute Gasteiger partial charge is 3.00 e. The molecule has 0 aromatic heterocycles. The fourth-order valence-electron chi connectivity index (χ4n) is 0.340. The van der Waals surface area contributed by atoms with Gasteiger partial charge in [-0.25, -0.2) is 12.2 Å². The van der Waals surface area contributed by atoms with E-state index in [0.717, 1.165) is 6.42 Å². The zero-order chi connectivity index (χ0) is 5.54. The average molecular weight is 248 g/mol. The van der Waals surface area contributed by atoms with Crippen molar-refractivity contribution in [2.24, 2.45) is 0 Å². The Morgan fingerprint density at radius 2 is 1.64 bits per heavy atom. The van der Waals surface area contributed by atoms with Crippen molar-refractivity contribution in [3.05, 3.63) is 31.2 Å². The molecule has 0 atom stereocenters. The molecule has 0 aromatic carbocycles. The van der Waals surface area contributed by atoms with Gasteiger partial charge in [0.15, 0.2) is 0 Å². The van der Waals surface area contributed by atoms with Gasteiger partial charge in [0.25, 0.3) is 0 Å². The Morgan fingerprint density at radius 3 is 1.73 bits per heavy atom. The Morgan fingerprint density at radius 1 is 1.18 bits per heavy atom. The summed E-state index contributed by atoms with van der Waals surface area (Å²) in [7, 11) is 0. The Bertz CT molecular complexity index is 71.8. The van der Waals surface area contributed by atoms with Gasteiger partial charge in [0.05, 0.1) is 0 Å². The summed E-state index contributed by atoms with van der Waals surface area (Å²) in [5.74, 6) is 0. The Labute approximate surface area is 103 Å². The summed E-state index contributed by atoms with van der Waals surface area (Å²) in [6.07, 6.45) is 10.0. The second-order valence-electron chi connectivity index (χ2n) is 1.00. The molecule has 0 aliphatic heterocycles. The molecule has 0 unspecified atom stereocenters. The molecule has 0 fully saturated rings. The number of halogens is 3. The van der Waals surface area contributed by atoms with Gasteiger partial charge in [-0.3, -0.25) is 6.08 Å². The molecule has 0 aromatic rings. The van der Waals surface area contributed by atoms with E-state index in [-0.39, 0.29) is 58.9 Å². The minimum atomic E-state index is 0. The predicted octanol–water partition coefficient (Wildman–Crippen LogP) is -6.84. The first-order valence-electron chi connectivity index (χ1n) is 2.42. The van der Waals surface area contributed by atoms with Crippen LogP contribution in [0.3, 0.4) is 0 Å². The second kappa shape index (κ2) is 30.5. The molecule has 0 spiro atoms. The standard InChI is InChI=1S/C5H5.C2H5.3ClH.Ti/c1-2-4-5-3-1;1-2;;;;/h1-3H,4H2;1H2,2H3;3*1H;/q2*-1;;;;+3/p-3. The molecule has 1 radical (unpaired) electrons. The van der Waals surface area contributed by atoms with E-state index in [1.165, 1.54) is 0 Å². The smallest absolute Gasteiger partial charge is 1.00 e. The van der Waals surface area contributed by atoms with Crippen LogP contribution in [0, 0.1) is 13.0 Å². The van der Waals surface area contributed by atoms with Crippen molar-refractivity contribution in [1.82, 2.24) is 0 Å². The predicted molar refractivity (Wildman–Crippen MR) is 32.6 cm³/mol. The maximum Gasteiger partial charge on any atom is 3.00 e. The topological polar surface area (TPSA) is 0 Å². The van der Waals surface area contributed by atoms with Crippen molar-refractivity contribution < 1.29 is 58.9 Å². The molecule has 0 saturated heterocycles. The normalized spacial score (nSPS) is 8.55. The second-order valence-corrected chi connectivity index (χ2v) is 1.00. The first-order valence-corrected chi connectivity index (χ1v) is 2.42. The van der Waals surface area contributed by atoms with Crippen LogP contribution in [0.15, 0.2) is 18.2 Å². The number of hydrogen-bond acceptors (Lipinski definition) is 0. The van der Waals surface area contributed by atoms with Gasteiger partial charge in [-0.1, -0.05) is 0 Å². The van der Waals surface area contributed by atoms with Gasteiger partial charge in [0.1, 0.15) is 0 Å². The first kappa shape index (κ1) is 29.6. The molecule has 65 valence electrons. The van der Waals surface area contributed by atoms with Gasteiger partial charge in [-0.15, -0.1) is 6.42 Å². The molecule has 0 amide bonds. The van der Waals surface area contributed by atoms with Gasteiger partial charge in [-0.2, -0.15) is 13.0 Å². The van der Waals surface area contributed by atoms with E-state index in [9.17, 15) is 0 Å². The monoisotopic (exact) mass is 247 g/mol. The van der Waals surface area contributed by atoms with Gasteiger partial charge in [0.2, 0.25) is 0 Å². The van der Waals surface area contributed by atoms with Crippen LogP contribution in [0.5, 0.6) is 0 Å². The molecule has 11 heavy (non-hydrogen) atoms.